The largest absolute Gasteiger partial charge is 0.349 e. The lowest BCUT2D eigenvalue weighted by molar-refractivity contribution is -0.119. The summed E-state index contributed by atoms with van der Waals surface area (Å²) in [6, 6.07) is 23.9. The molecule has 0 aliphatic carbocycles. The van der Waals surface area contributed by atoms with E-state index in [0.717, 1.165) is 0 Å². The van der Waals surface area contributed by atoms with Crippen molar-refractivity contribution in [1.82, 2.24) is 31.2 Å². The minimum Gasteiger partial charge on any atom is -0.349 e. The second-order valence-electron chi connectivity index (χ2n) is 8.84. The third kappa shape index (κ3) is 8.82. The van der Waals surface area contributed by atoms with E-state index >= 15 is 0 Å². The monoisotopic (exact) mass is 560 g/mol. The van der Waals surface area contributed by atoms with E-state index in [1.54, 1.807) is 110 Å². The van der Waals surface area contributed by atoms with Crippen molar-refractivity contribution in [3.05, 3.63) is 143 Å². The van der Waals surface area contributed by atoms with Gasteiger partial charge in [0.1, 0.15) is 11.4 Å². The standard InChI is InChI=1S/C32H28N6O4/c39-29(25-11-3-1-4-12-25)37-27(19-23-9-7-15-33-21-23)31(41)35-17-18-36-32(42)28(20-24-10-8-16-34-22-24)38-30(40)26-13-5-2-6-14-26/h1-16,19-22H,17-18H2,(H,35,41)(H,36,42)(H,37,39)(H,38,40)/b27-19-,28-20-. The first kappa shape index (κ1) is 29.1. The van der Waals surface area contributed by atoms with Gasteiger partial charge in [0.25, 0.3) is 23.6 Å². The summed E-state index contributed by atoms with van der Waals surface area (Å²) in [4.78, 5) is 59.6. The molecule has 0 aliphatic rings. The van der Waals surface area contributed by atoms with Crippen LogP contribution in [-0.4, -0.2) is 46.7 Å². The maximum Gasteiger partial charge on any atom is 0.267 e. The van der Waals surface area contributed by atoms with Crippen LogP contribution in [0.15, 0.2) is 121 Å². The lowest BCUT2D eigenvalue weighted by Crippen LogP contribution is -2.41. The number of nitrogens with one attached hydrogen (secondary N) is 4. The van der Waals surface area contributed by atoms with Gasteiger partial charge in [0, 0.05) is 49.0 Å². The Balaban J connectivity index is 1.40. The van der Waals surface area contributed by atoms with Gasteiger partial charge in [-0.1, -0.05) is 48.5 Å². The Labute approximate surface area is 242 Å². The molecule has 10 heteroatoms. The van der Waals surface area contributed by atoms with Crippen LogP contribution in [0.5, 0.6) is 0 Å². The van der Waals surface area contributed by atoms with Gasteiger partial charge in [-0.3, -0.25) is 29.1 Å². The molecule has 10 nitrogen and oxygen atoms in total. The molecule has 0 fully saturated rings. The summed E-state index contributed by atoms with van der Waals surface area (Å²) < 4.78 is 0. The van der Waals surface area contributed by atoms with Crippen molar-refractivity contribution < 1.29 is 19.2 Å². The van der Waals surface area contributed by atoms with E-state index in [1.807, 2.05) is 0 Å². The van der Waals surface area contributed by atoms with Crippen LogP contribution in [0.4, 0.5) is 0 Å². The third-order valence-electron chi connectivity index (χ3n) is 5.74. The highest BCUT2D eigenvalue weighted by molar-refractivity contribution is 6.06. The first-order chi connectivity index (χ1) is 20.5. The summed E-state index contributed by atoms with van der Waals surface area (Å²) in [6.45, 7) is 0.0892. The lowest BCUT2D eigenvalue weighted by Gasteiger charge is -2.13. The highest BCUT2D eigenvalue weighted by Gasteiger charge is 2.16. The molecular formula is C32H28N6O4. The molecule has 2 aromatic carbocycles. The third-order valence-corrected chi connectivity index (χ3v) is 5.74. The normalized spacial score (nSPS) is 11.2. The molecule has 0 bridgehead atoms. The molecule has 0 saturated heterocycles. The number of hydrogen-bond donors (Lipinski definition) is 4. The number of aromatic nitrogens is 2. The molecule has 0 unspecified atom stereocenters. The predicted octanol–water partition coefficient (Wildman–Crippen LogP) is 2.95. The first-order valence-corrected chi connectivity index (χ1v) is 13.0. The summed E-state index contributed by atoms with van der Waals surface area (Å²) in [5, 5.41) is 10.7. The van der Waals surface area contributed by atoms with Gasteiger partial charge in [-0.15, -0.1) is 0 Å². The molecule has 0 atom stereocenters. The fraction of sp³-hybridized carbons (Fsp3) is 0.0625. The van der Waals surface area contributed by atoms with Gasteiger partial charge in [-0.05, 0) is 59.7 Å². The van der Waals surface area contributed by atoms with Crippen molar-refractivity contribution in [3.8, 4) is 0 Å². The van der Waals surface area contributed by atoms with Crippen molar-refractivity contribution in [2.45, 2.75) is 0 Å². The van der Waals surface area contributed by atoms with Gasteiger partial charge in [0.15, 0.2) is 0 Å². The molecule has 4 aromatic rings. The van der Waals surface area contributed by atoms with E-state index in [4.69, 9.17) is 0 Å². The molecule has 42 heavy (non-hydrogen) atoms. The van der Waals surface area contributed by atoms with E-state index in [9.17, 15) is 19.2 Å². The predicted molar refractivity (Wildman–Crippen MR) is 158 cm³/mol. The highest BCUT2D eigenvalue weighted by atomic mass is 16.2. The van der Waals surface area contributed by atoms with E-state index in [0.29, 0.717) is 22.3 Å². The van der Waals surface area contributed by atoms with Crippen molar-refractivity contribution in [1.29, 1.82) is 0 Å². The Kier molecular flexibility index (Phi) is 10.4. The van der Waals surface area contributed by atoms with Crippen molar-refractivity contribution in [2.75, 3.05) is 13.1 Å². The second-order valence-corrected chi connectivity index (χ2v) is 8.84. The number of rotatable bonds is 11. The van der Waals surface area contributed by atoms with Crippen molar-refractivity contribution in [3.63, 3.8) is 0 Å². The molecule has 2 aromatic heterocycles. The van der Waals surface area contributed by atoms with Crippen LogP contribution in [0.3, 0.4) is 0 Å². The SMILES string of the molecule is O=C(NCCNC(=O)/C(=C/c1cccnc1)NC(=O)c1ccccc1)/C(=C/c1cccnc1)NC(=O)c1ccccc1. The summed E-state index contributed by atoms with van der Waals surface area (Å²) in [7, 11) is 0. The minimum absolute atomic E-state index is 0.00969. The van der Waals surface area contributed by atoms with E-state index < -0.39 is 23.6 Å². The van der Waals surface area contributed by atoms with Gasteiger partial charge in [-0.2, -0.15) is 0 Å². The average Bonchev–Trinajstić information content (AvgIpc) is 3.04. The maximum absolute atomic E-state index is 13.0. The topological polar surface area (TPSA) is 142 Å². The van der Waals surface area contributed by atoms with Gasteiger partial charge in [0.05, 0.1) is 0 Å². The van der Waals surface area contributed by atoms with Crippen LogP contribution >= 0.6 is 0 Å². The highest BCUT2D eigenvalue weighted by Crippen LogP contribution is 2.08. The number of carbonyl (C=O) groups is 4. The Morgan fingerprint density at radius 3 is 1.31 bits per heavy atom. The van der Waals surface area contributed by atoms with Crippen LogP contribution in [0.25, 0.3) is 12.2 Å². The molecule has 0 saturated carbocycles. The minimum atomic E-state index is -0.555. The van der Waals surface area contributed by atoms with Crippen LogP contribution in [0.2, 0.25) is 0 Å². The maximum atomic E-state index is 13.0. The quantitative estimate of drug-likeness (QED) is 0.164. The van der Waals surface area contributed by atoms with Gasteiger partial charge in [0.2, 0.25) is 0 Å². The molecule has 4 amide bonds. The Morgan fingerprint density at radius 1 is 0.548 bits per heavy atom. The summed E-state index contributed by atoms with van der Waals surface area (Å²) in [6.07, 6.45) is 9.33. The van der Waals surface area contributed by atoms with Gasteiger partial charge in [-0.25, -0.2) is 0 Å². The summed E-state index contributed by atoms with van der Waals surface area (Å²) >= 11 is 0. The molecule has 0 aliphatic heterocycles. The van der Waals surface area contributed by atoms with Crippen LogP contribution in [0.1, 0.15) is 31.8 Å². The molecule has 4 N–H and O–H groups in total. The molecule has 0 spiro atoms. The number of benzene rings is 2. The zero-order chi connectivity index (χ0) is 29.6. The second kappa shape index (κ2) is 15.0. The summed E-state index contributed by atoms with van der Waals surface area (Å²) in [5.74, 6) is -2.01. The van der Waals surface area contributed by atoms with Crippen molar-refractivity contribution >= 4 is 35.8 Å². The molecular weight excluding hydrogens is 532 g/mol. The summed E-state index contributed by atoms with van der Waals surface area (Å²) in [5.41, 5.74) is 2.03. The zero-order valence-electron chi connectivity index (χ0n) is 22.5. The zero-order valence-corrected chi connectivity index (χ0v) is 22.5. The van der Waals surface area contributed by atoms with Gasteiger partial charge < -0.3 is 21.3 Å². The number of pyridine rings is 2. The fourth-order valence-corrected chi connectivity index (χ4v) is 3.68. The number of carbonyl (C=O) groups excluding carboxylic acids is 4. The average molecular weight is 561 g/mol. The van der Waals surface area contributed by atoms with Crippen molar-refractivity contribution in [2.24, 2.45) is 0 Å². The lowest BCUT2D eigenvalue weighted by atomic mass is 10.2. The molecule has 0 radical (unpaired) electrons. The first-order valence-electron chi connectivity index (χ1n) is 13.0. The molecule has 4 rings (SSSR count). The Morgan fingerprint density at radius 2 is 0.952 bits per heavy atom. The number of nitrogens with zero attached hydrogens (tertiary/aromatic N) is 2. The van der Waals surface area contributed by atoms with E-state index in [1.165, 1.54) is 12.2 Å². The Hall–Kier alpha value is -5.90. The van der Waals surface area contributed by atoms with Gasteiger partial charge >= 0.3 is 0 Å². The number of hydrogen-bond acceptors (Lipinski definition) is 6. The molecule has 2 heterocycles. The van der Waals surface area contributed by atoms with E-state index in [2.05, 4.69) is 31.2 Å². The van der Waals surface area contributed by atoms with Crippen LogP contribution in [-0.2, 0) is 9.59 Å². The Bertz CT molecular complexity index is 1450. The smallest absolute Gasteiger partial charge is 0.267 e. The molecule has 210 valence electrons. The van der Waals surface area contributed by atoms with E-state index in [-0.39, 0.29) is 24.5 Å². The van der Waals surface area contributed by atoms with Crippen LogP contribution < -0.4 is 21.3 Å². The van der Waals surface area contributed by atoms with Crippen LogP contribution in [0, 0.1) is 0 Å². The fourth-order valence-electron chi connectivity index (χ4n) is 3.68. The number of amides is 4.